The summed E-state index contributed by atoms with van der Waals surface area (Å²) in [5, 5.41) is 0. The molecule has 0 fully saturated rings. The average Bonchev–Trinajstić information content (AvgIpc) is 2.48. The first-order valence-electron chi connectivity index (χ1n) is 7.97. The molecule has 0 aromatic carbocycles. The highest BCUT2D eigenvalue weighted by atomic mass is 16.5. The van der Waals surface area contributed by atoms with Crippen molar-refractivity contribution < 1.29 is 9.53 Å². The van der Waals surface area contributed by atoms with Gasteiger partial charge in [0.2, 0.25) is 0 Å². The lowest BCUT2D eigenvalue weighted by atomic mass is 9.88. The molecule has 0 amide bonds. The first kappa shape index (κ1) is 17.3. The van der Waals surface area contributed by atoms with E-state index in [1.807, 2.05) is 6.92 Å². The summed E-state index contributed by atoms with van der Waals surface area (Å²) < 4.78 is 4.90. The van der Waals surface area contributed by atoms with Crippen molar-refractivity contribution in [1.29, 1.82) is 0 Å². The Kier molecular flexibility index (Phi) is 8.32. The molecular formula is C19H26O2. The highest BCUT2D eigenvalue weighted by Crippen LogP contribution is 2.28. The van der Waals surface area contributed by atoms with Crippen LogP contribution in [0.25, 0.3) is 0 Å². The maximum Gasteiger partial charge on any atom is 0.310 e. The van der Waals surface area contributed by atoms with Crippen LogP contribution in [0.15, 0.2) is 28.5 Å². The van der Waals surface area contributed by atoms with Crippen LogP contribution < -0.4 is 0 Å². The van der Waals surface area contributed by atoms with Crippen LogP contribution >= 0.6 is 0 Å². The minimum atomic E-state index is -0.196. The highest BCUT2D eigenvalue weighted by Gasteiger charge is 2.12. The van der Waals surface area contributed by atoms with Crippen LogP contribution in [0.3, 0.4) is 0 Å². The topological polar surface area (TPSA) is 26.3 Å². The van der Waals surface area contributed by atoms with Crippen LogP contribution in [0.4, 0.5) is 0 Å². The molecule has 21 heavy (non-hydrogen) atoms. The molecule has 0 heterocycles. The fourth-order valence-corrected chi connectivity index (χ4v) is 2.35. The Hall–Kier alpha value is -1.71. The lowest BCUT2D eigenvalue weighted by molar-refractivity contribution is -0.142. The lowest BCUT2D eigenvalue weighted by Crippen LogP contribution is -2.01. The van der Waals surface area contributed by atoms with Gasteiger partial charge < -0.3 is 4.74 Å². The van der Waals surface area contributed by atoms with E-state index >= 15 is 0 Å². The van der Waals surface area contributed by atoms with Crippen molar-refractivity contribution >= 4 is 5.97 Å². The standard InChI is InChI=1S/C19H26O2/c1-4-6-7-12-17-13-8-9-14-18(17)16(3)11-10-15-19(20)21-5-2/h10H,4-6,8-9,13-15H2,1-3H3. The van der Waals surface area contributed by atoms with Crippen LogP contribution in [-0.4, -0.2) is 12.6 Å². The Morgan fingerprint density at radius 1 is 1.29 bits per heavy atom. The molecule has 0 unspecified atom stereocenters. The maximum absolute atomic E-state index is 11.3. The van der Waals surface area contributed by atoms with Crippen molar-refractivity contribution in [1.82, 2.24) is 0 Å². The number of rotatable bonds is 5. The number of esters is 1. The highest BCUT2D eigenvalue weighted by molar-refractivity contribution is 5.71. The smallest absolute Gasteiger partial charge is 0.310 e. The summed E-state index contributed by atoms with van der Waals surface area (Å²) in [7, 11) is 0. The molecule has 0 atom stereocenters. The monoisotopic (exact) mass is 286 g/mol. The van der Waals surface area contributed by atoms with Crippen molar-refractivity contribution in [3.05, 3.63) is 28.5 Å². The summed E-state index contributed by atoms with van der Waals surface area (Å²) in [6.07, 6.45) is 8.69. The van der Waals surface area contributed by atoms with E-state index in [4.69, 9.17) is 4.74 Å². The van der Waals surface area contributed by atoms with Gasteiger partial charge in [-0.15, -0.1) is 5.73 Å². The molecule has 0 saturated heterocycles. The number of unbranched alkanes of at least 4 members (excludes halogenated alkanes) is 1. The Morgan fingerprint density at radius 3 is 2.76 bits per heavy atom. The average molecular weight is 286 g/mol. The van der Waals surface area contributed by atoms with E-state index in [0.717, 1.165) is 31.3 Å². The lowest BCUT2D eigenvalue weighted by Gasteiger charge is -2.16. The van der Waals surface area contributed by atoms with Gasteiger partial charge in [0.15, 0.2) is 0 Å². The Balaban J connectivity index is 2.85. The number of carbonyl (C=O) groups is 1. The molecule has 0 bridgehead atoms. The van der Waals surface area contributed by atoms with Gasteiger partial charge in [0.25, 0.3) is 0 Å². The van der Waals surface area contributed by atoms with Gasteiger partial charge in [-0.25, -0.2) is 0 Å². The number of ether oxygens (including phenoxy) is 1. The number of hydrogen-bond donors (Lipinski definition) is 0. The molecule has 2 nitrogen and oxygen atoms in total. The second-order valence-electron chi connectivity index (χ2n) is 5.20. The Bertz CT molecular complexity index is 505. The minimum Gasteiger partial charge on any atom is -0.466 e. The fraction of sp³-hybridized carbons (Fsp3) is 0.579. The van der Waals surface area contributed by atoms with E-state index in [-0.39, 0.29) is 12.4 Å². The second-order valence-corrected chi connectivity index (χ2v) is 5.20. The van der Waals surface area contributed by atoms with Gasteiger partial charge in [-0.2, -0.15) is 0 Å². The summed E-state index contributed by atoms with van der Waals surface area (Å²) in [4.78, 5) is 11.3. The van der Waals surface area contributed by atoms with Crippen molar-refractivity contribution in [3.8, 4) is 11.8 Å². The molecule has 1 rings (SSSR count). The zero-order chi connectivity index (χ0) is 15.5. The quantitative estimate of drug-likeness (QED) is 0.415. The zero-order valence-corrected chi connectivity index (χ0v) is 13.6. The molecule has 1 aliphatic rings. The van der Waals surface area contributed by atoms with Gasteiger partial charge >= 0.3 is 5.97 Å². The molecule has 0 aliphatic heterocycles. The van der Waals surface area contributed by atoms with Gasteiger partial charge in [-0.05, 0) is 63.2 Å². The number of carbonyl (C=O) groups excluding carboxylic acids is 1. The predicted octanol–water partition coefficient (Wildman–Crippen LogP) is 4.72. The van der Waals surface area contributed by atoms with Gasteiger partial charge in [0.1, 0.15) is 0 Å². The van der Waals surface area contributed by atoms with E-state index in [1.54, 1.807) is 6.08 Å². The van der Waals surface area contributed by atoms with Gasteiger partial charge in [0, 0.05) is 12.0 Å². The Morgan fingerprint density at radius 2 is 2.05 bits per heavy atom. The molecule has 0 aromatic heterocycles. The Labute approximate surface area is 129 Å². The van der Waals surface area contributed by atoms with Crippen LogP contribution in [0.5, 0.6) is 0 Å². The van der Waals surface area contributed by atoms with Gasteiger partial charge in [-0.1, -0.05) is 18.8 Å². The maximum atomic E-state index is 11.3. The fourth-order valence-electron chi connectivity index (χ4n) is 2.35. The summed E-state index contributed by atoms with van der Waals surface area (Å²) in [6.45, 7) is 6.45. The molecule has 1 aliphatic carbocycles. The second kappa shape index (κ2) is 10.1. The summed E-state index contributed by atoms with van der Waals surface area (Å²) >= 11 is 0. The van der Waals surface area contributed by atoms with Gasteiger partial charge in [0.05, 0.1) is 13.0 Å². The minimum absolute atomic E-state index is 0.196. The van der Waals surface area contributed by atoms with Crippen LogP contribution in [0.1, 0.15) is 65.7 Å². The first-order valence-corrected chi connectivity index (χ1v) is 7.97. The predicted molar refractivity (Wildman–Crippen MR) is 86.7 cm³/mol. The first-order chi connectivity index (χ1) is 10.2. The number of hydrogen-bond acceptors (Lipinski definition) is 2. The molecule has 2 heteroatoms. The van der Waals surface area contributed by atoms with Crippen molar-refractivity contribution in [2.75, 3.05) is 6.61 Å². The summed E-state index contributed by atoms with van der Waals surface area (Å²) in [5.41, 5.74) is 6.93. The van der Waals surface area contributed by atoms with E-state index in [1.165, 1.54) is 24.0 Å². The molecule has 0 radical (unpaired) electrons. The third kappa shape index (κ3) is 6.52. The van der Waals surface area contributed by atoms with Crippen molar-refractivity contribution in [3.63, 3.8) is 0 Å². The molecular weight excluding hydrogens is 260 g/mol. The number of allylic oxidation sites excluding steroid dienone is 2. The largest absolute Gasteiger partial charge is 0.466 e. The van der Waals surface area contributed by atoms with Crippen LogP contribution in [0, 0.1) is 11.8 Å². The molecule has 0 saturated carbocycles. The molecule has 0 spiro atoms. The molecule has 0 aromatic rings. The van der Waals surface area contributed by atoms with E-state index < -0.39 is 0 Å². The van der Waals surface area contributed by atoms with E-state index in [9.17, 15) is 4.79 Å². The van der Waals surface area contributed by atoms with Gasteiger partial charge in [-0.3, -0.25) is 4.79 Å². The molecule has 0 N–H and O–H groups in total. The normalized spacial score (nSPS) is 13.9. The van der Waals surface area contributed by atoms with Crippen molar-refractivity contribution in [2.45, 2.75) is 65.7 Å². The summed E-state index contributed by atoms with van der Waals surface area (Å²) in [6, 6.07) is 0. The van der Waals surface area contributed by atoms with Crippen LogP contribution in [-0.2, 0) is 9.53 Å². The van der Waals surface area contributed by atoms with E-state index in [0.29, 0.717) is 6.61 Å². The zero-order valence-electron chi connectivity index (χ0n) is 13.6. The third-order valence-corrected chi connectivity index (χ3v) is 3.43. The van der Waals surface area contributed by atoms with Crippen LogP contribution in [0.2, 0.25) is 0 Å². The van der Waals surface area contributed by atoms with Crippen molar-refractivity contribution in [2.24, 2.45) is 0 Å². The SMILES string of the molecule is CCCC#CC1=C(C(C)=C=CCC(=O)OCC)CCCC1. The molecule has 114 valence electrons. The summed E-state index contributed by atoms with van der Waals surface area (Å²) in [5.74, 6) is 6.39. The third-order valence-electron chi connectivity index (χ3n) is 3.43. The van der Waals surface area contributed by atoms with E-state index in [2.05, 4.69) is 31.4 Å².